The summed E-state index contributed by atoms with van der Waals surface area (Å²) in [6, 6.07) is -0.606. The average molecular weight is 312 g/mol. The second-order valence-corrected chi connectivity index (χ2v) is 7.59. The molecule has 0 unspecified atom stereocenters. The molecule has 0 aromatic carbocycles. The summed E-state index contributed by atoms with van der Waals surface area (Å²) in [5, 5.41) is 12.4. The van der Waals surface area contributed by atoms with Gasteiger partial charge in [0.25, 0.3) is 0 Å². The molecule has 22 heavy (non-hydrogen) atoms. The highest BCUT2D eigenvalue weighted by atomic mass is 16.6. The predicted octanol–water partition coefficient (Wildman–Crippen LogP) is 3.38. The van der Waals surface area contributed by atoms with Crippen molar-refractivity contribution in [3.63, 3.8) is 0 Å². The Morgan fingerprint density at radius 2 is 1.68 bits per heavy atom. The molecule has 0 radical (unpaired) electrons. The smallest absolute Gasteiger partial charge is 0.408 e. The van der Waals surface area contributed by atoms with Gasteiger partial charge in [-0.3, -0.25) is 4.90 Å². The minimum Gasteiger partial charge on any atom is -0.465 e. The lowest BCUT2D eigenvalue weighted by Crippen LogP contribution is -2.60. The third kappa shape index (κ3) is 5.24. The quantitative estimate of drug-likeness (QED) is 0.766. The van der Waals surface area contributed by atoms with Crippen LogP contribution in [0.3, 0.4) is 0 Å². The fourth-order valence-corrected chi connectivity index (χ4v) is 2.63. The van der Waals surface area contributed by atoms with Crippen LogP contribution in [-0.4, -0.2) is 45.4 Å². The minimum atomic E-state index is -0.983. The Labute approximate surface area is 132 Å². The number of rotatable bonds is 2. The maximum Gasteiger partial charge on any atom is 0.408 e. The molecule has 2 amide bonds. The first kappa shape index (κ1) is 18.3. The van der Waals surface area contributed by atoms with E-state index in [0.717, 1.165) is 0 Å². The van der Waals surface area contributed by atoms with E-state index in [9.17, 15) is 14.7 Å². The summed E-state index contributed by atoms with van der Waals surface area (Å²) in [5.41, 5.74) is -1.13. The van der Waals surface area contributed by atoms with E-state index in [1.165, 1.54) is 4.90 Å². The van der Waals surface area contributed by atoms with Crippen LogP contribution in [0.5, 0.6) is 0 Å². The number of hydrogen-bond acceptors (Lipinski definition) is 3. The number of alkyl carbamates (subject to hydrolysis) is 1. The van der Waals surface area contributed by atoms with Crippen LogP contribution in [-0.2, 0) is 4.74 Å². The van der Waals surface area contributed by atoms with Gasteiger partial charge in [0.15, 0.2) is 0 Å². The van der Waals surface area contributed by atoms with Gasteiger partial charge in [-0.2, -0.15) is 0 Å². The lowest BCUT2D eigenvalue weighted by atomic mass is 9.91. The Hall–Kier alpha value is -1.72. The third-order valence-corrected chi connectivity index (χ3v) is 3.36. The van der Waals surface area contributed by atoms with Crippen LogP contribution >= 0.6 is 0 Å². The Morgan fingerprint density at radius 1 is 1.14 bits per heavy atom. The van der Waals surface area contributed by atoms with Crippen molar-refractivity contribution >= 4 is 12.2 Å². The standard InChI is InChI=1S/C16H28N2O4/c1-15(2,3)18(14(20)21)12-10-8-7-9-11(12)17-13(19)22-16(4,5)6/h7-8,11-12H,9-10H2,1-6H3,(H,17,19)(H,20,21)/t11-,12+/m0/s1. The van der Waals surface area contributed by atoms with Crippen molar-refractivity contribution in [1.29, 1.82) is 0 Å². The first-order chi connectivity index (χ1) is 9.92. The van der Waals surface area contributed by atoms with E-state index in [1.807, 2.05) is 32.9 Å². The molecule has 1 aliphatic rings. The van der Waals surface area contributed by atoms with Crippen molar-refractivity contribution in [2.24, 2.45) is 0 Å². The van der Waals surface area contributed by atoms with E-state index in [1.54, 1.807) is 20.8 Å². The number of carbonyl (C=O) groups excluding carboxylic acids is 1. The fraction of sp³-hybridized carbons (Fsp3) is 0.750. The minimum absolute atomic E-state index is 0.296. The molecule has 0 aliphatic heterocycles. The zero-order valence-corrected chi connectivity index (χ0v) is 14.3. The zero-order chi connectivity index (χ0) is 17.1. The highest BCUT2D eigenvalue weighted by Crippen LogP contribution is 2.26. The molecule has 126 valence electrons. The predicted molar refractivity (Wildman–Crippen MR) is 84.9 cm³/mol. The number of carbonyl (C=O) groups is 2. The highest BCUT2D eigenvalue weighted by Gasteiger charge is 2.38. The van der Waals surface area contributed by atoms with Crippen LogP contribution in [0.4, 0.5) is 9.59 Å². The summed E-state index contributed by atoms with van der Waals surface area (Å²) in [7, 11) is 0. The van der Waals surface area contributed by atoms with Crippen molar-refractivity contribution in [2.75, 3.05) is 0 Å². The van der Waals surface area contributed by atoms with Crippen LogP contribution in [0, 0.1) is 0 Å². The summed E-state index contributed by atoms with van der Waals surface area (Å²) in [4.78, 5) is 25.1. The topological polar surface area (TPSA) is 78.9 Å². The zero-order valence-electron chi connectivity index (χ0n) is 14.3. The van der Waals surface area contributed by atoms with Gasteiger partial charge in [0.2, 0.25) is 0 Å². The van der Waals surface area contributed by atoms with Gasteiger partial charge in [0, 0.05) is 5.54 Å². The molecule has 0 fully saturated rings. The van der Waals surface area contributed by atoms with Crippen molar-refractivity contribution < 1.29 is 19.4 Å². The second-order valence-electron chi connectivity index (χ2n) is 7.59. The largest absolute Gasteiger partial charge is 0.465 e. The molecule has 0 saturated heterocycles. The van der Waals surface area contributed by atoms with Crippen LogP contribution < -0.4 is 5.32 Å². The van der Waals surface area contributed by atoms with Gasteiger partial charge in [0.1, 0.15) is 5.60 Å². The first-order valence-corrected chi connectivity index (χ1v) is 7.58. The molecule has 0 aromatic heterocycles. The fourth-order valence-electron chi connectivity index (χ4n) is 2.63. The number of nitrogens with zero attached hydrogens (tertiary/aromatic N) is 1. The Bertz CT molecular complexity index is 446. The van der Waals surface area contributed by atoms with E-state index in [-0.39, 0.29) is 12.1 Å². The average Bonchev–Trinajstić information content (AvgIpc) is 2.26. The summed E-state index contributed by atoms with van der Waals surface area (Å²) in [5.74, 6) is 0. The lowest BCUT2D eigenvalue weighted by molar-refractivity contribution is 0.0343. The summed E-state index contributed by atoms with van der Waals surface area (Å²) < 4.78 is 5.27. The normalized spacial score (nSPS) is 22.1. The Balaban J connectivity index is 2.90. The maximum absolute atomic E-state index is 12.0. The third-order valence-electron chi connectivity index (χ3n) is 3.36. The molecule has 2 atom stereocenters. The van der Waals surface area contributed by atoms with Gasteiger partial charge in [-0.15, -0.1) is 0 Å². The summed E-state index contributed by atoms with van der Waals surface area (Å²) in [6.07, 6.45) is 3.58. The highest BCUT2D eigenvalue weighted by molar-refractivity contribution is 5.69. The van der Waals surface area contributed by atoms with Gasteiger partial charge in [-0.25, -0.2) is 9.59 Å². The lowest BCUT2D eigenvalue weighted by Gasteiger charge is -2.44. The maximum atomic E-state index is 12.0. The molecule has 1 rings (SSSR count). The number of ether oxygens (including phenoxy) is 1. The molecular formula is C16H28N2O4. The molecular weight excluding hydrogens is 284 g/mol. The molecule has 0 saturated carbocycles. The Kier molecular flexibility index (Phi) is 5.49. The number of carboxylic acid groups (broad SMARTS) is 1. The van der Waals surface area contributed by atoms with Crippen LogP contribution in [0.2, 0.25) is 0 Å². The van der Waals surface area contributed by atoms with Crippen molar-refractivity contribution in [3.8, 4) is 0 Å². The van der Waals surface area contributed by atoms with E-state index in [0.29, 0.717) is 12.8 Å². The molecule has 0 heterocycles. The van der Waals surface area contributed by atoms with Crippen LogP contribution in [0.25, 0.3) is 0 Å². The molecule has 0 spiro atoms. The number of amides is 2. The van der Waals surface area contributed by atoms with Gasteiger partial charge < -0.3 is 15.2 Å². The molecule has 6 heteroatoms. The van der Waals surface area contributed by atoms with E-state index in [2.05, 4.69) is 5.32 Å². The van der Waals surface area contributed by atoms with Crippen molar-refractivity contribution in [3.05, 3.63) is 12.2 Å². The van der Waals surface area contributed by atoms with Crippen molar-refractivity contribution in [1.82, 2.24) is 10.2 Å². The van der Waals surface area contributed by atoms with Crippen molar-refractivity contribution in [2.45, 2.75) is 77.6 Å². The molecule has 1 aliphatic carbocycles. The van der Waals surface area contributed by atoms with Crippen LogP contribution in [0.1, 0.15) is 54.4 Å². The Morgan fingerprint density at radius 3 is 2.14 bits per heavy atom. The number of nitrogens with one attached hydrogen (secondary N) is 1. The SMILES string of the molecule is CC(C)(C)OC(=O)N[C@H]1CC=CC[C@H]1N(C(=O)O)C(C)(C)C. The second kappa shape index (κ2) is 6.58. The van der Waals surface area contributed by atoms with E-state index >= 15 is 0 Å². The molecule has 0 aromatic rings. The number of hydrogen-bond donors (Lipinski definition) is 2. The molecule has 2 N–H and O–H groups in total. The van der Waals surface area contributed by atoms with Gasteiger partial charge >= 0.3 is 12.2 Å². The van der Waals surface area contributed by atoms with Crippen LogP contribution in [0.15, 0.2) is 12.2 Å². The molecule has 6 nitrogen and oxygen atoms in total. The van der Waals surface area contributed by atoms with Gasteiger partial charge in [-0.1, -0.05) is 12.2 Å². The first-order valence-electron chi connectivity index (χ1n) is 7.58. The summed E-state index contributed by atoms with van der Waals surface area (Å²) >= 11 is 0. The molecule has 0 bridgehead atoms. The van der Waals surface area contributed by atoms with Gasteiger partial charge in [0.05, 0.1) is 12.1 Å². The van der Waals surface area contributed by atoms with E-state index in [4.69, 9.17) is 4.74 Å². The van der Waals surface area contributed by atoms with Gasteiger partial charge in [-0.05, 0) is 54.4 Å². The van der Waals surface area contributed by atoms with E-state index < -0.39 is 23.3 Å². The summed E-state index contributed by atoms with van der Waals surface area (Å²) in [6.45, 7) is 10.9. The monoisotopic (exact) mass is 312 g/mol.